The van der Waals surface area contributed by atoms with E-state index in [4.69, 9.17) is 4.74 Å². The molecule has 0 radical (unpaired) electrons. The lowest BCUT2D eigenvalue weighted by Gasteiger charge is -2.33. The topological polar surface area (TPSA) is 53.9 Å². The van der Waals surface area contributed by atoms with Gasteiger partial charge in [0.1, 0.15) is 5.75 Å². The number of hydrogen-bond donors (Lipinski definition) is 1. The van der Waals surface area contributed by atoms with Gasteiger partial charge in [-0.2, -0.15) is 0 Å². The second kappa shape index (κ2) is 9.18. The minimum atomic E-state index is -0.0234. The smallest absolute Gasteiger partial charge is 0.226 e. The van der Waals surface area contributed by atoms with E-state index in [0.717, 1.165) is 11.3 Å². The van der Waals surface area contributed by atoms with Gasteiger partial charge in [0.05, 0.1) is 13.7 Å². The number of aliphatic imine (C=N–C) groups is 1. The Morgan fingerprint density at radius 1 is 1.17 bits per heavy atom. The Labute approximate surface area is 139 Å². The predicted octanol–water partition coefficient (Wildman–Crippen LogP) is 3.20. The number of benzene rings is 1. The number of nitrogens with zero attached hydrogens (tertiary/aromatic N) is 2. The highest BCUT2D eigenvalue weighted by Gasteiger charge is 2.19. The summed E-state index contributed by atoms with van der Waals surface area (Å²) in [6.45, 7) is 10.7. The van der Waals surface area contributed by atoms with Crippen molar-refractivity contribution in [1.29, 1.82) is 0 Å². The van der Waals surface area contributed by atoms with Gasteiger partial charge in [0, 0.05) is 18.5 Å². The van der Waals surface area contributed by atoms with Gasteiger partial charge in [0.15, 0.2) is 0 Å². The van der Waals surface area contributed by atoms with Crippen molar-refractivity contribution < 1.29 is 9.53 Å². The zero-order valence-corrected chi connectivity index (χ0v) is 15.1. The lowest BCUT2D eigenvalue weighted by molar-refractivity contribution is -0.119. The number of ether oxygens (including phenoxy) is 1. The second-order valence-electron chi connectivity index (χ2n) is 5.98. The average Bonchev–Trinajstić information content (AvgIpc) is 2.52. The third-order valence-electron chi connectivity index (χ3n) is 3.50. The second-order valence-corrected chi connectivity index (χ2v) is 5.98. The SMILES string of the molecule is CCC(=O)NC(=NCc1ccc(OC)cc1)N(C(C)C)C(C)C. The molecule has 0 spiro atoms. The first-order chi connectivity index (χ1) is 10.9. The maximum Gasteiger partial charge on any atom is 0.226 e. The van der Waals surface area contributed by atoms with Gasteiger partial charge < -0.3 is 9.64 Å². The number of nitrogens with one attached hydrogen (secondary N) is 1. The van der Waals surface area contributed by atoms with Crippen LogP contribution in [0.15, 0.2) is 29.3 Å². The Morgan fingerprint density at radius 3 is 2.17 bits per heavy atom. The van der Waals surface area contributed by atoms with E-state index >= 15 is 0 Å². The largest absolute Gasteiger partial charge is 0.497 e. The molecule has 23 heavy (non-hydrogen) atoms. The minimum absolute atomic E-state index is 0.0234. The molecule has 0 aliphatic rings. The summed E-state index contributed by atoms with van der Waals surface area (Å²) in [7, 11) is 1.65. The van der Waals surface area contributed by atoms with Crippen molar-refractivity contribution in [2.45, 2.75) is 59.7 Å². The van der Waals surface area contributed by atoms with Crippen LogP contribution < -0.4 is 10.1 Å². The summed E-state index contributed by atoms with van der Waals surface area (Å²) < 4.78 is 5.16. The van der Waals surface area contributed by atoms with E-state index in [-0.39, 0.29) is 18.0 Å². The molecule has 0 bridgehead atoms. The Hall–Kier alpha value is -2.04. The fraction of sp³-hybridized carbons (Fsp3) is 0.556. The highest BCUT2D eigenvalue weighted by atomic mass is 16.5. The predicted molar refractivity (Wildman–Crippen MR) is 94.7 cm³/mol. The van der Waals surface area contributed by atoms with Crippen LogP contribution in [0.3, 0.4) is 0 Å². The van der Waals surface area contributed by atoms with Crippen LogP contribution in [0.5, 0.6) is 5.75 Å². The van der Waals surface area contributed by atoms with Crippen molar-refractivity contribution >= 4 is 11.9 Å². The third-order valence-corrected chi connectivity index (χ3v) is 3.50. The van der Waals surface area contributed by atoms with Crippen molar-refractivity contribution in [3.05, 3.63) is 29.8 Å². The van der Waals surface area contributed by atoms with Crippen molar-refractivity contribution in [2.75, 3.05) is 7.11 Å². The maximum absolute atomic E-state index is 11.8. The Balaban J connectivity index is 2.98. The molecule has 128 valence electrons. The standard InChI is InChI=1S/C18H29N3O2/c1-7-17(22)20-18(21(13(2)3)14(4)5)19-12-15-8-10-16(23-6)11-9-15/h8-11,13-14H,7,12H2,1-6H3,(H,19,20,22). The molecule has 0 saturated carbocycles. The third kappa shape index (κ3) is 5.93. The number of hydrogen-bond acceptors (Lipinski definition) is 3. The van der Waals surface area contributed by atoms with Crippen LogP contribution in [0.2, 0.25) is 0 Å². The number of guanidine groups is 1. The summed E-state index contributed by atoms with van der Waals surface area (Å²) in [4.78, 5) is 18.6. The molecule has 0 unspecified atom stereocenters. The molecular weight excluding hydrogens is 290 g/mol. The van der Waals surface area contributed by atoms with E-state index in [1.807, 2.05) is 31.2 Å². The summed E-state index contributed by atoms with van der Waals surface area (Å²) in [6, 6.07) is 8.30. The minimum Gasteiger partial charge on any atom is -0.497 e. The van der Waals surface area contributed by atoms with E-state index in [1.165, 1.54) is 0 Å². The molecule has 0 fully saturated rings. The van der Waals surface area contributed by atoms with Gasteiger partial charge >= 0.3 is 0 Å². The highest BCUT2D eigenvalue weighted by Crippen LogP contribution is 2.13. The van der Waals surface area contributed by atoms with E-state index < -0.39 is 0 Å². The van der Waals surface area contributed by atoms with Gasteiger partial charge in [-0.3, -0.25) is 10.1 Å². The van der Waals surface area contributed by atoms with Gasteiger partial charge in [0.2, 0.25) is 11.9 Å². The first-order valence-corrected chi connectivity index (χ1v) is 8.14. The lowest BCUT2D eigenvalue weighted by atomic mass is 10.2. The van der Waals surface area contributed by atoms with Gasteiger partial charge in [-0.25, -0.2) is 4.99 Å². The molecule has 0 aromatic heterocycles. The van der Waals surface area contributed by atoms with Crippen molar-refractivity contribution in [3.8, 4) is 5.75 Å². The number of methoxy groups -OCH3 is 1. The van der Waals surface area contributed by atoms with Crippen LogP contribution in [0.1, 0.15) is 46.6 Å². The van der Waals surface area contributed by atoms with Crippen LogP contribution >= 0.6 is 0 Å². The summed E-state index contributed by atoms with van der Waals surface area (Å²) in [5.41, 5.74) is 1.07. The number of rotatable bonds is 6. The zero-order chi connectivity index (χ0) is 17.4. The molecule has 5 nitrogen and oxygen atoms in total. The fourth-order valence-corrected chi connectivity index (χ4v) is 2.38. The fourth-order valence-electron chi connectivity index (χ4n) is 2.38. The Bertz CT molecular complexity index is 514. The molecule has 1 aromatic carbocycles. The molecule has 1 aromatic rings. The molecule has 0 heterocycles. The molecule has 1 N–H and O–H groups in total. The van der Waals surface area contributed by atoms with E-state index in [0.29, 0.717) is 18.9 Å². The number of amides is 1. The number of carbonyl (C=O) groups is 1. The Kier molecular flexibility index (Phi) is 7.59. The van der Waals surface area contributed by atoms with Crippen LogP contribution in [0.4, 0.5) is 0 Å². The Morgan fingerprint density at radius 2 is 1.74 bits per heavy atom. The normalized spacial score (nSPS) is 11.7. The van der Waals surface area contributed by atoms with Crippen LogP contribution in [-0.4, -0.2) is 36.0 Å². The molecule has 0 aliphatic carbocycles. The molecule has 0 aliphatic heterocycles. The zero-order valence-electron chi connectivity index (χ0n) is 15.1. The quantitative estimate of drug-likeness (QED) is 0.647. The molecular formula is C18H29N3O2. The van der Waals surface area contributed by atoms with Crippen LogP contribution in [0.25, 0.3) is 0 Å². The summed E-state index contributed by atoms with van der Waals surface area (Å²) >= 11 is 0. The lowest BCUT2D eigenvalue weighted by Crippen LogP contribution is -2.50. The average molecular weight is 319 g/mol. The molecule has 0 saturated heterocycles. The van der Waals surface area contributed by atoms with Gasteiger partial charge in [0.25, 0.3) is 0 Å². The van der Waals surface area contributed by atoms with Gasteiger partial charge in [-0.1, -0.05) is 19.1 Å². The summed E-state index contributed by atoms with van der Waals surface area (Å²) in [6.07, 6.45) is 0.436. The molecule has 5 heteroatoms. The van der Waals surface area contributed by atoms with Crippen molar-refractivity contribution in [1.82, 2.24) is 10.2 Å². The van der Waals surface area contributed by atoms with E-state index in [9.17, 15) is 4.79 Å². The first kappa shape index (κ1) is 19.0. The summed E-state index contributed by atoms with van der Waals surface area (Å²) in [5.74, 6) is 1.44. The van der Waals surface area contributed by atoms with Crippen LogP contribution in [-0.2, 0) is 11.3 Å². The van der Waals surface area contributed by atoms with Crippen molar-refractivity contribution in [2.24, 2.45) is 4.99 Å². The van der Waals surface area contributed by atoms with Crippen molar-refractivity contribution in [3.63, 3.8) is 0 Å². The van der Waals surface area contributed by atoms with Crippen LogP contribution in [0, 0.1) is 0 Å². The van der Waals surface area contributed by atoms with Gasteiger partial charge in [-0.05, 0) is 45.4 Å². The van der Waals surface area contributed by atoms with E-state index in [1.54, 1.807) is 7.11 Å². The molecule has 1 amide bonds. The first-order valence-electron chi connectivity index (χ1n) is 8.14. The molecule has 0 atom stereocenters. The monoisotopic (exact) mass is 319 g/mol. The molecule has 1 rings (SSSR count). The van der Waals surface area contributed by atoms with Gasteiger partial charge in [-0.15, -0.1) is 0 Å². The van der Waals surface area contributed by atoms with E-state index in [2.05, 4.69) is 42.9 Å². The highest BCUT2D eigenvalue weighted by molar-refractivity contribution is 5.97. The number of carbonyl (C=O) groups excluding carboxylic acids is 1. The summed E-state index contributed by atoms with van der Waals surface area (Å²) in [5, 5.41) is 2.93. The maximum atomic E-state index is 11.8.